The zero-order chi connectivity index (χ0) is 23.3. The zero-order valence-electron chi connectivity index (χ0n) is 17.8. The normalized spacial score (nSPS) is 16.3. The Morgan fingerprint density at radius 3 is 2.38 bits per heavy atom. The summed E-state index contributed by atoms with van der Waals surface area (Å²) >= 11 is 6.14. The highest BCUT2D eigenvalue weighted by molar-refractivity contribution is 6.31. The molecule has 1 unspecified atom stereocenters. The second-order valence-electron chi connectivity index (χ2n) is 7.55. The summed E-state index contributed by atoms with van der Waals surface area (Å²) in [5.74, 6) is -2.27. The smallest absolute Gasteiger partial charge is 0.337 e. The molecule has 1 amide bonds. The molecule has 2 aromatic rings. The van der Waals surface area contributed by atoms with Gasteiger partial charge >= 0.3 is 11.9 Å². The van der Waals surface area contributed by atoms with Gasteiger partial charge in [-0.1, -0.05) is 17.7 Å². The maximum absolute atomic E-state index is 14.1. The predicted molar refractivity (Wildman–Crippen MR) is 117 cm³/mol. The molecule has 1 saturated heterocycles. The van der Waals surface area contributed by atoms with Gasteiger partial charge in [0.2, 0.25) is 5.91 Å². The van der Waals surface area contributed by atoms with E-state index in [4.69, 9.17) is 21.1 Å². The second kappa shape index (κ2) is 10.6. The first-order valence-electron chi connectivity index (χ1n) is 10.1. The summed E-state index contributed by atoms with van der Waals surface area (Å²) in [6.45, 7) is 1.45. The van der Waals surface area contributed by atoms with E-state index >= 15 is 0 Å². The number of rotatable bonds is 6. The van der Waals surface area contributed by atoms with E-state index in [2.05, 4.69) is 5.32 Å². The van der Waals surface area contributed by atoms with Crippen LogP contribution in [0.2, 0.25) is 5.02 Å². The van der Waals surface area contributed by atoms with Crippen LogP contribution < -0.4 is 5.32 Å². The van der Waals surface area contributed by atoms with Crippen LogP contribution in [0.15, 0.2) is 36.4 Å². The van der Waals surface area contributed by atoms with Crippen molar-refractivity contribution >= 4 is 35.1 Å². The fraction of sp³-hybridized carbons (Fsp3) is 0.348. The van der Waals surface area contributed by atoms with Crippen molar-refractivity contribution in [3.8, 4) is 0 Å². The van der Waals surface area contributed by atoms with E-state index in [1.807, 2.05) is 4.90 Å². The van der Waals surface area contributed by atoms with Gasteiger partial charge in [0.15, 0.2) is 0 Å². The first-order chi connectivity index (χ1) is 15.3. The third kappa shape index (κ3) is 5.63. The maximum atomic E-state index is 14.1. The van der Waals surface area contributed by atoms with E-state index < -0.39 is 11.9 Å². The Kier molecular flexibility index (Phi) is 7.82. The maximum Gasteiger partial charge on any atom is 0.337 e. The van der Waals surface area contributed by atoms with Crippen molar-refractivity contribution in [2.75, 3.05) is 32.6 Å². The van der Waals surface area contributed by atoms with Crippen molar-refractivity contribution < 1.29 is 28.2 Å². The number of nitrogens with zero attached hydrogens (tertiary/aromatic N) is 1. The number of halogens is 2. The van der Waals surface area contributed by atoms with Gasteiger partial charge in [-0.3, -0.25) is 9.69 Å². The molecule has 9 heteroatoms. The fourth-order valence-electron chi connectivity index (χ4n) is 3.74. The van der Waals surface area contributed by atoms with Gasteiger partial charge in [-0.15, -0.1) is 0 Å². The minimum atomic E-state index is -0.642. The quantitative estimate of drug-likeness (QED) is 0.655. The molecule has 1 heterocycles. The molecule has 0 aliphatic carbocycles. The van der Waals surface area contributed by atoms with Gasteiger partial charge in [-0.05, 0) is 49.7 Å². The number of carbonyl (C=O) groups excluding carboxylic acids is 3. The van der Waals surface area contributed by atoms with Crippen LogP contribution >= 0.6 is 11.6 Å². The number of benzene rings is 2. The largest absolute Gasteiger partial charge is 0.465 e. The number of anilines is 1. The van der Waals surface area contributed by atoms with E-state index in [0.29, 0.717) is 30.1 Å². The first-order valence-corrected chi connectivity index (χ1v) is 10.5. The Balaban J connectivity index is 1.73. The Morgan fingerprint density at radius 1 is 1.12 bits per heavy atom. The van der Waals surface area contributed by atoms with Crippen LogP contribution in [-0.2, 0) is 20.8 Å². The van der Waals surface area contributed by atoms with Crippen LogP contribution in [0, 0.1) is 11.7 Å². The number of hydrogen-bond acceptors (Lipinski definition) is 6. The van der Waals surface area contributed by atoms with Crippen molar-refractivity contribution in [3.05, 3.63) is 63.9 Å². The molecule has 0 radical (unpaired) electrons. The van der Waals surface area contributed by atoms with Crippen LogP contribution in [0.3, 0.4) is 0 Å². The molecule has 0 aromatic heterocycles. The topological polar surface area (TPSA) is 84.9 Å². The Morgan fingerprint density at radius 2 is 1.78 bits per heavy atom. The molecule has 0 spiro atoms. The third-order valence-electron chi connectivity index (χ3n) is 5.36. The van der Waals surface area contributed by atoms with E-state index in [9.17, 15) is 18.8 Å². The fourth-order valence-corrected chi connectivity index (χ4v) is 3.96. The summed E-state index contributed by atoms with van der Waals surface area (Å²) in [6, 6.07) is 8.78. The van der Waals surface area contributed by atoms with Gasteiger partial charge in [0, 0.05) is 29.4 Å². The van der Waals surface area contributed by atoms with Crippen LogP contribution in [0.5, 0.6) is 0 Å². The summed E-state index contributed by atoms with van der Waals surface area (Å²) < 4.78 is 23.6. The summed E-state index contributed by atoms with van der Waals surface area (Å²) in [4.78, 5) is 38.8. The van der Waals surface area contributed by atoms with Crippen molar-refractivity contribution in [1.82, 2.24) is 4.90 Å². The minimum Gasteiger partial charge on any atom is -0.465 e. The summed E-state index contributed by atoms with van der Waals surface area (Å²) in [7, 11) is 2.45. The molecular formula is C23H24ClFN2O5. The highest BCUT2D eigenvalue weighted by atomic mass is 35.5. The lowest BCUT2D eigenvalue weighted by molar-refractivity contribution is -0.121. The molecule has 0 bridgehead atoms. The molecule has 170 valence electrons. The highest BCUT2D eigenvalue weighted by Crippen LogP contribution is 2.25. The van der Waals surface area contributed by atoms with E-state index in [0.717, 1.165) is 13.0 Å². The van der Waals surface area contributed by atoms with E-state index in [1.165, 1.54) is 38.5 Å². The summed E-state index contributed by atoms with van der Waals surface area (Å²) in [6.07, 6.45) is 1.42. The Bertz CT molecular complexity index is 975. The molecule has 1 fully saturated rings. The summed E-state index contributed by atoms with van der Waals surface area (Å²) in [5, 5.41) is 3.13. The lowest BCUT2D eigenvalue weighted by Gasteiger charge is -2.32. The SMILES string of the molecule is COC(=O)c1cc(NC(=O)C2CCCN(Cc3c(F)cccc3Cl)C2)cc(C(=O)OC)c1. The van der Waals surface area contributed by atoms with Gasteiger partial charge in [0.25, 0.3) is 0 Å². The van der Waals surface area contributed by atoms with Crippen molar-refractivity contribution in [2.24, 2.45) is 5.92 Å². The average molecular weight is 463 g/mol. The number of nitrogens with one attached hydrogen (secondary N) is 1. The number of carbonyl (C=O) groups is 3. The van der Waals surface area contributed by atoms with E-state index in [1.54, 1.807) is 12.1 Å². The van der Waals surface area contributed by atoms with Crippen LogP contribution in [-0.4, -0.2) is 50.1 Å². The minimum absolute atomic E-state index is 0.116. The predicted octanol–water partition coefficient (Wildman–Crippen LogP) is 3.90. The van der Waals surface area contributed by atoms with Gasteiger partial charge < -0.3 is 14.8 Å². The number of likely N-dealkylation sites (tertiary alicyclic amines) is 1. The van der Waals surface area contributed by atoms with Crippen molar-refractivity contribution in [1.29, 1.82) is 0 Å². The monoisotopic (exact) mass is 462 g/mol. The molecule has 3 rings (SSSR count). The van der Waals surface area contributed by atoms with Crippen molar-refractivity contribution in [3.63, 3.8) is 0 Å². The number of methoxy groups -OCH3 is 2. The Labute approximate surface area is 190 Å². The lowest BCUT2D eigenvalue weighted by Crippen LogP contribution is -2.40. The van der Waals surface area contributed by atoms with Crippen molar-refractivity contribution in [2.45, 2.75) is 19.4 Å². The first kappa shape index (κ1) is 23.7. The Hall–Kier alpha value is -2.97. The molecule has 1 aliphatic rings. The van der Waals surface area contributed by atoms with Gasteiger partial charge in [-0.2, -0.15) is 0 Å². The molecule has 1 atom stereocenters. The van der Waals surface area contributed by atoms with E-state index in [-0.39, 0.29) is 34.5 Å². The van der Waals surface area contributed by atoms with Crippen LogP contribution in [0.1, 0.15) is 39.1 Å². The zero-order valence-corrected chi connectivity index (χ0v) is 18.6. The molecule has 1 aliphatic heterocycles. The average Bonchev–Trinajstić information content (AvgIpc) is 2.80. The third-order valence-corrected chi connectivity index (χ3v) is 5.72. The molecule has 0 saturated carbocycles. The molecular weight excluding hydrogens is 439 g/mol. The number of esters is 2. The number of hydrogen-bond donors (Lipinski definition) is 1. The van der Waals surface area contributed by atoms with Crippen LogP contribution in [0.25, 0.3) is 0 Å². The lowest BCUT2D eigenvalue weighted by atomic mass is 9.96. The molecule has 1 N–H and O–H groups in total. The molecule has 2 aromatic carbocycles. The molecule has 32 heavy (non-hydrogen) atoms. The molecule has 7 nitrogen and oxygen atoms in total. The second-order valence-corrected chi connectivity index (χ2v) is 7.95. The standard InChI is InChI=1S/C23H24ClFN2O5/c1-31-22(29)15-9-16(23(30)32-2)11-17(10-15)26-21(28)14-5-4-8-27(12-14)13-18-19(24)6-3-7-20(18)25/h3,6-7,9-11,14H,4-5,8,12-13H2,1-2H3,(H,26,28). The number of piperidine rings is 1. The summed E-state index contributed by atoms with van der Waals surface area (Å²) in [5.41, 5.74) is 0.923. The van der Waals surface area contributed by atoms with Gasteiger partial charge in [0.05, 0.1) is 31.3 Å². The number of ether oxygens (including phenoxy) is 2. The van der Waals surface area contributed by atoms with Gasteiger partial charge in [-0.25, -0.2) is 14.0 Å². The highest BCUT2D eigenvalue weighted by Gasteiger charge is 2.27. The van der Waals surface area contributed by atoms with Crippen LogP contribution in [0.4, 0.5) is 10.1 Å². The van der Waals surface area contributed by atoms with Gasteiger partial charge in [0.1, 0.15) is 5.82 Å². The number of amides is 1.